The molecule has 0 aromatic heterocycles. The minimum absolute atomic E-state index is 0.0706. The number of carbonyl (C=O) groups excluding carboxylic acids is 1. The Morgan fingerprint density at radius 2 is 1.85 bits per heavy atom. The first-order valence-electron chi connectivity index (χ1n) is 8.77. The fraction of sp³-hybridized carbons (Fsp3) is 0.350. The number of hydrogen-bond acceptors (Lipinski definition) is 5. The summed E-state index contributed by atoms with van der Waals surface area (Å²) in [6, 6.07) is 8.26. The summed E-state index contributed by atoms with van der Waals surface area (Å²) in [4.78, 5) is 12.5. The van der Waals surface area contributed by atoms with Crippen molar-refractivity contribution in [2.75, 3.05) is 24.6 Å². The summed E-state index contributed by atoms with van der Waals surface area (Å²) in [5.74, 6) is 1.10. The van der Waals surface area contributed by atoms with Gasteiger partial charge < -0.3 is 9.47 Å². The van der Waals surface area contributed by atoms with Crippen molar-refractivity contribution in [3.05, 3.63) is 47.0 Å². The van der Waals surface area contributed by atoms with E-state index in [1.54, 1.807) is 37.3 Å². The number of Topliss-reactive ketones (excluding diaryl/α,β-unsaturated/α-hetero) is 1. The van der Waals surface area contributed by atoms with Crippen molar-refractivity contribution in [3.63, 3.8) is 0 Å². The van der Waals surface area contributed by atoms with Crippen LogP contribution in [0.15, 0.2) is 35.2 Å². The number of anilines is 1. The highest BCUT2D eigenvalue weighted by Gasteiger charge is 2.34. The van der Waals surface area contributed by atoms with Gasteiger partial charge in [-0.05, 0) is 56.2 Å². The summed E-state index contributed by atoms with van der Waals surface area (Å²) >= 11 is 0. The SMILES string of the molecule is CCOc1cc(C)c(S(=O)(=O)N2CCC(=O)c3ccc(OC)cc32)cc1C. The Kier molecular flexibility index (Phi) is 5.15. The van der Waals surface area contributed by atoms with Crippen LogP contribution in [0, 0.1) is 13.8 Å². The molecule has 1 heterocycles. The summed E-state index contributed by atoms with van der Waals surface area (Å²) < 4.78 is 38.9. The van der Waals surface area contributed by atoms with E-state index < -0.39 is 10.0 Å². The molecule has 0 saturated heterocycles. The zero-order chi connectivity index (χ0) is 19.8. The molecule has 0 fully saturated rings. The second kappa shape index (κ2) is 7.23. The van der Waals surface area contributed by atoms with Gasteiger partial charge in [-0.15, -0.1) is 0 Å². The minimum Gasteiger partial charge on any atom is -0.497 e. The van der Waals surface area contributed by atoms with Crippen LogP contribution in [0.5, 0.6) is 11.5 Å². The van der Waals surface area contributed by atoms with Crippen molar-refractivity contribution in [1.29, 1.82) is 0 Å². The molecule has 0 saturated carbocycles. The maximum absolute atomic E-state index is 13.4. The predicted molar refractivity (Wildman–Crippen MR) is 104 cm³/mol. The van der Waals surface area contributed by atoms with E-state index in [1.165, 1.54) is 11.4 Å². The van der Waals surface area contributed by atoms with Crippen LogP contribution in [-0.2, 0) is 10.0 Å². The molecule has 0 aliphatic carbocycles. The third kappa shape index (κ3) is 3.39. The van der Waals surface area contributed by atoms with Crippen molar-refractivity contribution in [3.8, 4) is 11.5 Å². The molecule has 0 radical (unpaired) electrons. The Bertz CT molecular complexity index is 998. The number of fused-ring (bicyclic) bond motifs is 1. The van der Waals surface area contributed by atoms with E-state index in [-0.39, 0.29) is 23.6 Å². The van der Waals surface area contributed by atoms with Gasteiger partial charge in [-0.25, -0.2) is 8.42 Å². The van der Waals surface area contributed by atoms with E-state index in [4.69, 9.17) is 9.47 Å². The maximum atomic E-state index is 13.4. The quantitative estimate of drug-likeness (QED) is 0.783. The molecule has 0 amide bonds. The largest absolute Gasteiger partial charge is 0.497 e. The Balaban J connectivity index is 2.13. The van der Waals surface area contributed by atoms with Gasteiger partial charge in [-0.1, -0.05) is 0 Å². The number of aryl methyl sites for hydroxylation is 2. The Hall–Kier alpha value is -2.54. The fourth-order valence-electron chi connectivity index (χ4n) is 3.26. The number of nitrogens with zero attached hydrogens (tertiary/aromatic N) is 1. The third-order valence-electron chi connectivity index (χ3n) is 4.66. The van der Waals surface area contributed by atoms with Gasteiger partial charge in [-0.2, -0.15) is 0 Å². The molecule has 144 valence electrons. The molecule has 3 rings (SSSR count). The van der Waals surface area contributed by atoms with Gasteiger partial charge in [0.2, 0.25) is 0 Å². The number of methoxy groups -OCH3 is 1. The predicted octanol–water partition coefficient (Wildman–Crippen LogP) is 3.49. The number of carbonyl (C=O) groups is 1. The van der Waals surface area contributed by atoms with Gasteiger partial charge in [-0.3, -0.25) is 9.10 Å². The Labute approximate surface area is 159 Å². The zero-order valence-corrected chi connectivity index (χ0v) is 16.7. The molecule has 0 bridgehead atoms. The normalized spacial score (nSPS) is 14.1. The molecule has 1 aliphatic rings. The van der Waals surface area contributed by atoms with E-state index in [0.29, 0.717) is 34.9 Å². The first kappa shape index (κ1) is 19.2. The van der Waals surface area contributed by atoms with E-state index in [2.05, 4.69) is 0 Å². The van der Waals surface area contributed by atoms with E-state index in [1.807, 2.05) is 13.8 Å². The Morgan fingerprint density at radius 3 is 2.52 bits per heavy atom. The smallest absolute Gasteiger partial charge is 0.264 e. The zero-order valence-electron chi connectivity index (χ0n) is 15.9. The van der Waals surface area contributed by atoms with Crippen LogP contribution in [0.2, 0.25) is 0 Å². The van der Waals surface area contributed by atoms with Crippen molar-refractivity contribution in [2.24, 2.45) is 0 Å². The molecule has 0 spiro atoms. The molecule has 0 unspecified atom stereocenters. The molecule has 0 N–H and O–H groups in total. The highest BCUT2D eigenvalue weighted by atomic mass is 32.2. The first-order chi connectivity index (χ1) is 12.8. The summed E-state index contributed by atoms with van der Waals surface area (Å²) in [6.45, 7) is 6.06. The minimum atomic E-state index is -3.84. The van der Waals surface area contributed by atoms with Gasteiger partial charge in [0, 0.05) is 24.6 Å². The van der Waals surface area contributed by atoms with Crippen LogP contribution in [0.4, 0.5) is 5.69 Å². The van der Waals surface area contributed by atoms with Crippen LogP contribution in [0.25, 0.3) is 0 Å². The van der Waals surface area contributed by atoms with Crippen LogP contribution in [0.1, 0.15) is 34.8 Å². The maximum Gasteiger partial charge on any atom is 0.264 e. The number of hydrogen-bond donors (Lipinski definition) is 0. The fourth-order valence-corrected chi connectivity index (χ4v) is 5.03. The number of rotatable bonds is 5. The first-order valence-corrected chi connectivity index (χ1v) is 10.2. The van der Waals surface area contributed by atoms with E-state index in [9.17, 15) is 13.2 Å². The molecule has 2 aromatic rings. The van der Waals surface area contributed by atoms with Crippen LogP contribution in [-0.4, -0.2) is 34.5 Å². The lowest BCUT2D eigenvalue weighted by Gasteiger charge is -2.30. The average Bonchev–Trinajstić information content (AvgIpc) is 2.64. The molecule has 2 aromatic carbocycles. The van der Waals surface area contributed by atoms with E-state index in [0.717, 1.165) is 5.56 Å². The molecular weight excluding hydrogens is 366 g/mol. The van der Waals surface area contributed by atoms with Crippen LogP contribution < -0.4 is 13.8 Å². The molecule has 0 atom stereocenters. The topological polar surface area (TPSA) is 72.9 Å². The lowest BCUT2D eigenvalue weighted by Crippen LogP contribution is -2.37. The lowest BCUT2D eigenvalue weighted by atomic mass is 10.0. The highest BCUT2D eigenvalue weighted by molar-refractivity contribution is 7.93. The van der Waals surface area contributed by atoms with Gasteiger partial charge in [0.15, 0.2) is 5.78 Å². The van der Waals surface area contributed by atoms with Crippen molar-refractivity contribution in [2.45, 2.75) is 32.1 Å². The molecule has 6 nitrogen and oxygen atoms in total. The van der Waals surface area contributed by atoms with Gasteiger partial charge >= 0.3 is 0 Å². The average molecular weight is 389 g/mol. The summed E-state index contributed by atoms with van der Waals surface area (Å²) in [5, 5.41) is 0. The number of ether oxygens (including phenoxy) is 2. The van der Waals surface area contributed by atoms with Crippen molar-refractivity contribution in [1.82, 2.24) is 0 Å². The Morgan fingerprint density at radius 1 is 1.11 bits per heavy atom. The van der Waals surface area contributed by atoms with E-state index >= 15 is 0 Å². The molecular formula is C20H23NO5S. The monoisotopic (exact) mass is 389 g/mol. The summed E-state index contributed by atoms with van der Waals surface area (Å²) in [5.41, 5.74) is 2.10. The van der Waals surface area contributed by atoms with Crippen molar-refractivity contribution >= 4 is 21.5 Å². The molecule has 27 heavy (non-hydrogen) atoms. The lowest BCUT2D eigenvalue weighted by molar-refractivity contribution is 0.0982. The second-order valence-corrected chi connectivity index (χ2v) is 8.28. The second-order valence-electron chi connectivity index (χ2n) is 6.45. The van der Waals surface area contributed by atoms with Gasteiger partial charge in [0.1, 0.15) is 11.5 Å². The highest BCUT2D eigenvalue weighted by Crippen LogP contribution is 2.36. The van der Waals surface area contributed by atoms with Gasteiger partial charge in [0.25, 0.3) is 10.0 Å². The third-order valence-corrected chi connectivity index (χ3v) is 6.61. The van der Waals surface area contributed by atoms with Gasteiger partial charge in [0.05, 0.1) is 24.3 Å². The summed E-state index contributed by atoms with van der Waals surface area (Å²) in [7, 11) is -2.33. The molecule has 1 aliphatic heterocycles. The molecule has 7 heteroatoms. The van der Waals surface area contributed by atoms with Crippen LogP contribution >= 0.6 is 0 Å². The number of benzene rings is 2. The van der Waals surface area contributed by atoms with Crippen molar-refractivity contribution < 1.29 is 22.7 Å². The summed E-state index contributed by atoms with van der Waals surface area (Å²) in [6.07, 6.45) is 0.146. The number of ketones is 1. The number of sulfonamides is 1. The van der Waals surface area contributed by atoms with Crippen LogP contribution in [0.3, 0.4) is 0 Å². The standard InChI is InChI=1S/C20H23NO5S/c1-5-26-19-10-14(3)20(11-13(19)2)27(23,24)21-9-8-18(22)16-7-6-15(25-4)12-17(16)21/h6-7,10-12H,5,8-9H2,1-4H3.